The van der Waals surface area contributed by atoms with Crippen LogP contribution in [0, 0.1) is 6.92 Å². The molecule has 0 spiro atoms. The van der Waals surface area contributed by atoms with Crippen molar-refractivity contribution in [3.8, 4) is 11.5 Å². The summed E-state index contributed by atoms with van der Waals surface area (Å²) < 4.78 is 13.1. The molecule has 3 rings (SSSR count). The van der Waals surface area contributed by atoms with Gasteiger partial charge < -0.3 is 9.47 Å². The molecule has 1 aromatic carbocycles. The molecule has 0 saturated carbocycles. The third-order valence-corrected chi connectivity index (χ3v) is 4.52. The van der Waals surface area contributed by atoms with Gasteiger partial charge in [-0.15, -0.1) is 11.3 Å². The first-order valence-corrected chi connectivity index (χ1v) is 9.67. The van der Waals surface area contributed by atoms with Crippen molar-refractivity contribution in [1.82, 2.24) is 14.8 Å². The third kappa shape index (κ3) is 4.28. The van der Waals surface area contributed by atoms with Crippen LogP contribution in [0.25, 0.3) is 4.96 Å². The van der Waals surface area contributed by atoms with E-state index < -0.39 is 0 Å². The van der Waals surface area contributed by atoms with Crippen LogP contribution in [0.4, 0.5) is 0 Å². The number of carbonyl (C=O) groups excluding carboxylic acids is 1. The molecule has 0 atom stereocenters. The van der Waals surface area contributed by atoms with Gasteiger partial charge in [0.25, 0.3) is 5.91 Å². The fourth-order valence-electron chi connectivity index (χ4n) is 2.59. The summed E-state index contributed by atoms with van der Waals surface area (Å²) >= 11 is 1.48. The minimum atomic E-state index is -0.303. The van der Waals surface area contributed by atoms with Gasteiger partial charge in [0.1, 0.15) is 5.69 Å². The predicted molar refractivity (Wildman–Crippen MR) is 106 cm³/mol. The summed E-state index contributed by atoms with van der Waals surface area (Å²) in [6.45, 7) is 6.95. The molecule has 2 heterocycles. The van der Waals surface area contributed by atoms with E-state index in [4.69, 9.17) is 9.47 Å². The molecule has 0 unspecified atom stereocenters. The van der Waals surface area contributed by atoms with E-state index in [1.807, 2.05) is 43.6 Å². The number of imidazole rings is 1. The first-order chi connectivity index (χ1) is 13.1. The molecule has 1 amide bonds. The molecule has 142 valence electrons. The monoisotopic (exact) mass is 386 g/mol. The summed E-state index contributed by atoms with van der Waals surface area (Å²) in [7, 11) is 0. The molecule has 3 aromatic rings. The molecule has 1 N–H and O–H groups in total. The highest BCUT2D eigenvalue weighted by atomic mass is 32.1. The Morgan fingerprint density at radius 3 is 2.96 bits per heavy atom. The maximum Gasteiger partial charge on any atom is 0.290 e. The van der Waals surface area contributed by atoms with Gasteiger partial charge in [0, 0.05) is 11.6 Å². The first kappa shape index (κ1) is 18.9. The lowest BCUT2D eigenvalue weighted by atomic mass is 10.2. The number of ether oxygens (including phenoxy) is 2. The lowest BCUT2D eigenvalue weighted by Crippen LogP contribution is -2.20. The van der Waals surface area contributed by atoms with Crippen molar-refractivity contribution in [3.05, 3.63) is 46.7 Å². The SMILES string of the molecule is CCCOc1ccc(/C=N\NC(=O)c2c(C)nc3sccn23)cc1OCC. The number of nitrogens with one attached hydrogen (secondary N) is 1. The maximum atomic E-state index is 12.4. The number of thiazole rings is 1. The smallest absolute Gasteiger partial charge is 0.290 e. The Bertz CT molecular complexity index is 961. The summed E-state index contributed by atoms with van der Waals surface area (Å²) in [6.07, 6.45) is 4.32. The van der Waals surface area contributed by atoms with Crippen molar-refractivity contribution < 1.29 is 14.3 Å². The highest BCUT2D eigenvalue weighted by molar-refractivity contribution is 7.15. The quantitative estimate of drug-likeness (QED) is 0.473. The van der Waals surface area contributed by atoms with E-state index in [2.05, 4.69) is 22.4 Å². The molecule has 7 nitrogen and oxygen atoms in total. The van der Waals surface area contributed by atoms with Crippen LogP contribution in [0.3, 0.4) is 0 Å². The topological polar surface area (TPSA) is 77.2 Å². The lowest BCUT2D eigenvalue weighted by Gasteiger charge is -2.11. The minimum Gasteiger partial charge on any atom is -0.490 e. The Hall–Kier alpha value is -2.87. The van der Waals surface area contributed by atoms with Crippen LogP contribution in [0.1, 0.15) is 42.0 Å². The van der Waals surface area contributed by atoms with Gasteiger partial charge in [0.15, 0.2) is 16.5 Å². The molecule has 0 aliphatic heterocycles. The standard InChI is InChI=1S/C19H22N4O3S/c1-4-9-26-15-7-6-14(11-16(15)25-5-2)12-20-22-18(24)17-13(3)21-19-23(17)8-10-27-19/h6-8,10-12H,4-5,9H2,1-3H3,(H,22,24)/b20-12-. The van der Waals surface area contributed by atoms with Crippen molar-refractivity contribution in [2.75, 3.05) is 13.2 Å². The number of amides is 1. The number of benzene rings is 1. The Balaban J connectivity index is 1.72. The lowest BCUT2D eigenvalue weighted by molar-refractivity contribution is 0.0948. The second-order valence-corrected chi connectivity index (χ2v) is 6.66. The van der Waals surface area contributed by atoms with Gasteiger partial charge in [-0.2, -0.15) is 5.10 Å². The number of nitrogens with zero attached hydrogens (tertiary/aromatic N) is 3. The van der Waals surface area contributed by atoms with E-state index in [0.29, 0.717) is 36.1 Å². The Morgan fingerprint density at radius 2 is 2.19 bits per heavy atom. The van der Waals surface area contributed by atoms with Gasteiger partial charge in [0.05, 0.1) is 25.1 Å². The molecule has 0 saturated heterocycles. The molecule has 0 aliphatic carbocycles. The van der Waals surface area contributed by atoms with Gasteiger partial charge >= 0.3 is 0 Å². The van der Waals surface area contributed by atoms with Gasteiger partial charge in [-0.05, 0) is 44.0 Å². The molecule has 0 fully saturated rings. The van der Waals surface area contributed by atoms with Gasteiger partial charge in [-0.3, -0.25) is 9.20 Å². The number of hydrazone groups is 1. The summed E-state index contributed by atoms with van der Waals surface area (Å²) in [5.74, 6) is 1.06. The number of aromatic nitrogens is 2. The molecule has 27 heavy (non-hydrogen) atoms. The maximum absolute atomic E-state index is 12.4. The van der Waals surface area contributed by atoms with Gasteiger partial charge in [-0.25, -0.2) is 10.4 Å². The molecule has 0 aliphatic rings. The van der Waals surface area contributed by atoms with Gasteiger partial charge in [0.2, 0.25) is 0 Å². The fourth-order valence-corrected chi connectivity index (χ4v) is 3.35. The number of hydrogen-bond acceptors (Lipinski definition) is 6. The predicted octanol–water partition coefficient (Wildman–Crippen LogP) is 3.66. The Labute approximate surface area is 161 Å². The molecular weight excluding hydrogens is 364 g/mol. The van der Waals surface area contributed by atoms with Gasteiger partial charge in [-0.1, -0.05) is 6.92 Å². The number of aryl methyl sites for hydroxylation is 1. The zero-order valence-electron chi connectivity index (χ0n) is 15.6. The first-order valence-electron chi connectivity index (χ1n) is 8.79. The summed E-state index contributed by atoms with van der Waals surface area (Å²) in [6, 6.07) is 5.55. The van der Waals surface area contributed by atoms with Crippen molar-refractivity contribution >= 4 is 28.4 Å². The number of fused-ring (bicyclic) bond motifs is 1. The molecule has 8 heteroatoms. The van der Waals surface area contributed by atoms with Crippen LogP contribution in [0.2, 0.25) is 0 Å². The minimum absolute atomic E-state index is 0.303. The summed E-state index contributed by atoms with van der Waals surface area (Å²) in [5, 5.41) is 5.95. The third-order valence-electron chi connectivity index (χ3n) is 3.76. The van der Waals surface area contributed by atoms with Crippen LogP contribution < -0.4 is 14.9 Å². The second-order valence-electron chi connectivity index (χ2n) is 5.79. The summed E-state index contributed by atoms with van der Waals surface area (Å²) in [5.41, 5.74) is 4.52. The van der Waals surface area contributed by atoms with Crippen molar-refractivity contribution in [2.45, 2.75) is 27.2 Å². The summed E-state index contributed by atoms with van der Waals surface area (Å²) in [4.78, 5) is 17.6. The molecular formula is C19H22N4O3S. The van der Waals surface area contributed by atoms with E-state index in [-0.39, 0.29) is 5.91 Å². The molecule has 2 aromatic heterocycles. The fraction of sp³-hybridized carbons (Fsp3) is 0.316. The highest BCUT2D eigenvalue weighted by Crippen LogP contribution is 2.28. The van der Waals surface area contributed by atoms with Crippen LogP contribution in [0.15, 0.2) is 34.9 Å². The van der Waals surface area contributed by atoms with E-state index in [1.165, 1.54) is 11.3 Å². The molecule has 0 radical (unpaired) electrons. The molecule has 0 bridgehead atoms. The van der Waals surface area contributed by atoms with Crippen LogP contribution in [-0.4, -0.2) is 34.7 Å². The van der Waals surface area contributed by atoms with Crippen molar-refractivity contribution in [3.63, 3.8) is 0 Å². The van der Waals surface area contributed by atoms with Crippen molar-refractivity contribution in [2.24, 2.45) is 5.10 Å². The van der Waals surface area contributed by atoms with Crippen LogP contribution in [-0.2, 0) is 0 Å². The van der Waals surface area contributed by atoms with Crippen LogP contribution in [0.5, 0.6) is 11.5 Å². The average molecular weight is 386 g/mol. The zero-order valence-corrected chi connectivity index (χ0v) is 16.4. The number of hydrogen-bond donors (Lipinski definition) is 1. The largest absolute Gasteiger partial charge is 0.490 e. The van der Waals surface area contributed by atoms with E-state index in [0.717, 1.165) is 16.9 Å². The van der Waals surface area contributed by atoms with Crippen molar-refractivity contribution in [1.29, 1.82) is 0 Å². The number of rotatable bonds is 8. The van der Waals surface area contributed by atoms with E-state index >= 15 is 0 Å². The average Bonchev–Trinajstić information content (AvgIpc) is 3.21. The van der Waals surface area contributed by atoms with E-state index in [9.17, 15) is 4.79 Å². The van der Waals surface area contributed by atoms with Crippen LogP contribution >= 0.6 is 11.3 Å². The van der Waals surface area contributed by atoms with E-state index in [1.54, 1.807) is 10.6 Å². The highest BCUT2D eigenvalue weighted by Gasteiger charge is 2.16. The Kier molecular flexibility index (Phi) is 6.08. The number of carbonyl (C=O) groups is 1. The second kappa shape index (κ2) is 8.68. The Morgan fingerprint density at radius 1 is 1.33 bits per heavy atom. The normalized spacial score (nSPS) is 11.2. The zero-order chi connectivity index (χ0) is 19.2.